The molecule has 1 aromatic rings. The Morgan fingerprint density at radius 3 is 2.27 bits per heavy atom. The minimum absolute atomic E-state index is 0.266. The van der Waals surface area contributed by atoms with Crippen molar-refractivity contribution < 1.29 is 27.1 Å². The quantitative estimate of drug-likeness (QED) is 0.824. The van der Waals surface area contributed by atoms with E-state index in [0.717, 1.165) is 12.1 Å². The number of ether oxygens (including phenoxy) is 1. The normalized spacial score (nSPS) is 16.3. The molecular weight excluding hydrogens is 306 g/mol. The van der Waals surface area contributed by atoms with Crippen molar-refractivity contribution in [2.45, 2.75) is 38.2 Å². The zero-order valence-electron chi connectivity index (χ0n) is 12.0. The van der Waals surface area contributed by atoms with Crippen LogP contribution in [0.1, 0.15) is 26.3 Å². The molecule has 0 unspecified atom stereocenters. The molecule has 120 valence electrons. The minimum Gasteiger partial charge on any atom is -0.444 e. The lowest BCUT2D eigenvalue weighted by Crippen LogP contribution is -2.32. The fourth-order valence-corrected chi connectivity index (χ4v) is 1.75. The molecular formula is C13H13F4N3O2. The molecule has 0 saturated carbocycles. The number of rotatable bonds is 2. The van der Waals surface area contributed by atoms with Gasteiger partial charge in [-0.2, -0.15) is 13.2 Å². The van der Waals surface area contributed by atoms with Gasteiger partial charge in [-0.15, -0.1) is 10.2 Å². The third kappa shape index (κ3) is 3.18. The van der Waals surface area contributed by atoms with E-state index in [9.17, 15) is 22.4 Å². The zero-order chi connectivity index (χ0) is 16.8. The van der Waals surface area contributed by atoms with E-state index >= 15 is 0 Å². The molecule has 0 radical (unpaired) electrons. The number of halogens is 4. The summed E-state index contributed by atoms with van der Waals surface area (Å²) in [5, 5.41) is 8.17. The Morgan fingerprint density at radius 2 is 1.82 bits per heavy atom. The highest BCUT2D eigenvalue weighted by atomic mass is 19.4. The number of anilines is 1. The zero-order valence-corrected chi connectivity index (χ0v) is 12.0. The Labute approximate surface area is 123 Å². The van der Waals surface area contributed by atoms with Crippen LogP contribution in [0, 0.1) is 5.82 Å². The number of nitrogens with one attached hydrogen (secondary N) is 1. The number of nitrogens with zero attached hydrogens (tertiary/aromatic N) is 2. The van der Waals surface area contributed by atoms with Crippen molar-refractivity contribution in [2.75, 3.05) is 5.32 Å². The predicted octanol–water partition coefficient (Wildman–Crippen LogP) is 4.35. The van der Waals surface area contributed by atoms with Crippen molar-refractivity contribution in [3.8, 4) is 0 Å². The van der Waals surface area contributed by atoms with Crippen molar-refractivity contribution in [1.29, 1.82) is 0 Å². The molecule has 1 aliphatic heterocycles. The van der Waals surface area contributed by atoms with Gasteiger partial charge < -0.3 is 4.74 Å². The lowest BCUT2D eigenvalue weighted by molar-refractivity contribution is -0.166. The molecule has 1 aliphatic rings. The summed E-state index contributed by atoms with van der Waals surface area (Å²) in [4.78, 5) is 11.7. The Bertz CT molecular complexity index is 629. The maximum absolute atomic E-state index is 13.3. The van der Waals surface area contributed by atoms with Crippen LogP contribution in [0.3, 0.4) is 0 Å². The molecule has 0 fully saturated rings. The largest absolute Gasteiger partial charge is 0.444 e. The van der Waals surface area contributed by atoms with Crippen molar-refractivity contribution in [3.05, 3.63) is 29.6 Å². The van der Waals surface area contributed by atoms with E-state index in [2.05, 4.69) is 15.5 Å². The van der Waals surface area contributed by atoms with Crippen molar-refractivity contribution in [2.24, 2.45) is 10.2 Å². The van der Waals surface area contributed by atoms with E-state index in [4.69, 9.17) is 4.74 Å². The minimum atomic E-state index is -4.83. The Balaban J connectivity index is 2.32. The van der Waals surface area contributed by atoms with Crippen LogP contribution in [-0.2, 0) is 10.4 Å². The Hall–Kier alpha value is -2.19. The van der Waals surface area contributed by atoms with E-state index in [-0.39, 0.29) is 5.69 Å². The first-order chi connectivity index (χ1) is 9.95. The molecule has 1 amide bonds. The number of benzene rings is 1. The van der Waals surface area contributed by atoms with Gasteiger partial charge in [0.2, 0.25) is 0 Å². The summed E-state index contributed by atoms with van der Waals surface area (Å²) in [7, 11) is 0. The average Bonchev–Trinajstić information content (AvgIpc) is 3.09. The molecule has 0 bridgehead atoms. The van der Waals surface area contributed by atoms with Gasteiger partial charge in [-0.3, -0.25) is 5.32 Å². The van der Waals surface area contributed by atoms with Gasteiger partial charge in [-0.1, -0.05) is 0 Å². The number of amides is 1. The Morgan fingerprint density at radius 1 is 1.23 bits per heavy atom. The fourth-order valence-electron chi connectivity index (χ4n) is 1.75. The molecule has 0 saturated heterocycles. The summed E-state index contributed by atoms with van der Waals surface area (Å²) in [5.41, 5.74) is -4.52. The highest BCUT2D eigenvalue weighted by Crippen LogP contribution is 2.54. The summed E-state index contributed by atoms with van der Waals surface area (Å²) < 4.78 is 57.4. The van der Waals surface area contributed by atoms with Gasteiger partial charge in [-0.25, -0.2) is 9.18 Å². The summed E-state index contributed by atoms with van der Waals surface area (Å²) in [6, 6.07) is 2.56. The van der Waals surface area contributed by atoms with E-state index < -0.39 is 34.9 Å². The Kier molecular flexibility index (Phi) is 3.62. The van der Waals surface area contributed by atoms with Crippen LogP contribution in [0.2, 0.25) is 0 Å². The third-order valence-electron chi connectivity index (χ3n) is 2.69. The molecule has 0 aliphatic carbocycles. The van der Waals surface area contributed by atoms with Crippen molar-refractivity contribution in [3.63, 3.8) is 0 Å². The monoisotopic (exact) mass is 319 g/mol. The molecule has 0 aromatic heterocycles. The van der Waals surface area contributed by atoms with Crippen LogP contribution in [0.15, 0.2) is 28.4 Å². The molecule has 0 atom stereocenters. The second kappa shape index (κ2) is 4.92. The lowest BCUT2D eigenvalue weighted by Gasteiger charge is -2.22. The number of alkyl halides is 3. The first-order valence-electron chi connectivity index (χ1n) is 6.25. The smallest absolute Gasteiger partial charge is 0.442 e. The van der Waals surface area contributed by atoms with Crippen LogP contribution >= 0.6 is 0 Å². The maximum atomic E-state index is 13.3. The van der Waals surface area contributed by atoms with Crippen molar-refractivity contribution >= 4 is 11.8 Å². The summed E-state index contributed by atoms with van der Waals surface area (Å²) >= 11 is 0. The van der Waals surface area contributed by atoms with Gasteiger partial charge in [0, 0.05) is 5.56 Å². The highest BCUT2D eigenvalue weighted by Gasteiger charge is 2.66. The van der Waals surface area contributed by atoms with Crippen LogP contribution < -0.4 is 5.32 Å². The van der Waals surface area contributed by atoms with Crippen LogP contribution in [-0.4, -0.2) is 17.9 Å². The van der Waals surface area contributed by atoms with E-state index in [1.807, 2.05) is 0 Å². The second-order valence-corrected chi connectivity index (χ2v) is 5.69. The van der Waals surface area contributed by atoms with Crippen LogP contribution in [0.5, 0.6) is 0 Å². The molecule has 5 nitrogen and oxygen atoms in total. The standard InChI is InChI=1S/C13H13F4N3O2/c1-11(2,3)22-10(21)18-9-5-4-7(14)6-8(9)12(19-20-12)13(15,16)17/h4-6H,1-3H3,(H,18,21). The predicted molar refractivity (Wildman–Crippen MR) is 68.8 cm³/mol. The second-order valence-electron chi connectivity index (χ2n) is 5.69. The molecule has 1 aromatic carbocycles. The fraction of sp³-hybridized carbons (Fsp3) is 0.462. The molecule has 1 N–H and O–H groups in total. The number of hydrogen-bond acceptors (Lipinski definition) is 4. The van der Waals surface area contributed by atoms with Gasteiger partial charge in [-0.05, 0) is 39.0 Å². The molecule has 1 heterocycles. The third-order valence-corrected chi connectivity index (χ3v) is 2.69. The number of hydrogen-bond donors (Lipinski definition) is 1. The maximum Gasteiger partial charge on any atom is 0.442 e. The lowest BCUT2D eigenvalue weighted by atomic mass is 10.0. The number of carbonyl (C=O) groups is 1. The van der Waals surface area contributed by atoms with E-state index in [0.29, 0.717) is 6.07 Å². The number of carbonyl (C=O) groups excluding carboxylic acids is 1. The SMILES string of the molecule is CC(C)(C)OC(=O)Nc1ccc(F)cc1C1(C(F)(F)F)N=N1. The van der Waals surface area contributed by atoms with Gasteiger partial charge in [0.1, 0.15) is 11.4 Å². The van der Waals surface area contributed by atoms with E-state index in [1.165, 1.54) is 0 Å². The van der Waals surface area contributed by atoms with Gasteiger partial charge >= 0.3 is 17.9 Å². The summed E-state index contributed by atoms with van der Waals surface area (Å²) in [6.45, 7) is 4.79. The highest BCUT2D eigenvalue weighted by molar-refractivity contribution is 5.86. The van der Waals surface area contributed by atoms with E-state index in [1.54, 1.807) is 20.8 Å². The molecule has 0 spiro atoms. The first-order valence-corrected chi connectivity index (χ1v) is 6.25. The van der Waals surface area contributed by atoms with Gasteiger partial charge in [0.15, 0.2) is 0 Å². The van der Waals surface area contributed by atoms with Crippen LogP contribution in [0.4, 0.5) is 28.0 Å². The first kappa shape index (κ1) is 16.2. The molecule has 2 rings (SSSR count). The van der Waals surface area contributed by atoms with Crippen molar-refractivity contribution in [1.82, 2.24) is 0 Å². The van der Waals surface area contributed by atoms with Crippen LogP contribution in [0.25, 0.3) is 0 Å². The summed E-state index contributed by atoms with van der Waals surface area (Å²) in [6.07, 6.45) is -5.79. The molecule has 22 heavy (non-hydrogen) atoms. The topological polar surface area (TPSA) is 63.0 Å². The summed E-state index contributed by atoms with van der Waals surface area (Å²) in [5.74, 6) is -0.898. The molecule has 9 heteroatoms. The average molecular weight is 319 g/mol. The van der Waals surface area contributed by atoms with Gasteiger partial charge in [0.05, 0.1) is 5.69 Å². The van der Waals surface area contributed by atoms with Gasteiger partial charge in [0.25, 0.3) is 0 Å².